The molecule has 7 nitrogen and oxygen atoms in total. The standard InChI is InChI=1S/C13H20N4O3/c1-3-4-5-6-9(2)16-13(18)10-7-12(14)15-8-11(10)17(19)20/h7-9H,3-6H2,1-2H3,(H2,14,15)(H,16,18). The van der Waals surface area contributed by atoms with Gasteiger partial charge in [0.15, 0.2) is 0 Å². The van der Waals surface area contributed by atoms with Gasteiger partial charge < -0.3 is 11.1 Å². The first-order valence-corrected chi connectivity index (χ1v) is 6.66. The van der Waals surface area contributed by atoms with E-state index in [9.17, 15) is 14.9 Å². The molecule has 20 heavy (non-hydrogen) atoms. The molecule has 0 saturated heterocycles. The lowest BCUT2D eigenvalue weighted by atomic mass is 10.1. The smallest absolute Gasteiger partial charge is 0.300 e. The van der Waals surface area contributed by atoms with Crippen LogP contribution in [-0.2, 0) is 0 Å². The number of carbonyl (C=O) groups excluding carboxylic acids is 1. The van der Waals surface area contributed by atoms with Crippen LogP contribution in [0.4, 0.5) is 11.5 Å². The van der Waals surface area contributed by atoms with E-state index in [1.165, 1.54) is 6.07 Å². The summed E-state index contributed by atoms with van der Waals surface area (Å²) < 4.78 is 0. The average Bonchev–Trinajstić information content (AvgIpc) is 2.38. The Kier molecular flexibility index (Phi) is 5.89. The molecule has 0 aliphatic rings. The third-order valence-corrected chi connectivity index (χ3v) is 2.96. The number of nitrogens with zero attached hydrogens (tertiary/aromatic N) is 2. The minimum absolute atomic E-state index is 0.0388. The zero-order valence-electron chi connectivity index (χ0n) is 11.8. The molecule has 1 amide bonds. The van der Waals surface area contributed by atoms with Gasteiger partial charge in [-0.3, -0.25) is 14.9 Å². The number of rotatable bonds is 7. The van der Waals surface area contributed by atoms with Crippen LogP contribution in [0.15, 0.2) is 12.3 Å². The van der Waals surface area contributed by atoms with Crippen LogP contribution in [0.5, 0.6) is 0 Å². The minimum Gasteiger partial charge on any atom is -0.384 e. The van der Waals surface area contributed by atoms with E-state index in [4.69, 9.17) is 5.73 Å². The van der Waals surface area contributed by atoms with Crippen LogP contribution in [-0.4, -0.2) is 21.9 Å². The Bertz CT molecular complexity index is 491. The van der Waals surface area contributed by atoms with E-state index in [1.54, 1.807) is 0 Å². The Balaban J connectivity index is 2.76. The van der Waals surface area contributed by atoms with Crippen LogP contribution in [0.2, 0.25) is 0 Å². The van der Waals surface area contributed by atoms with Crippen molar-refractivity contribution in [2.24, 2.45) is 0 Å². The number of nitrogens with one attached hydrogen (secondary N) is 1. The molecular weight excluding hydrogens is 260 g/mol. The molecule has 0 aliphatic heterocycles. The summed E-state index contributed by atoms with van der Waals surface area (Å²) in [6, 6.07) is 1.19. The highest BCUT2D eigenvalue weighted by Gasteiger charge is 2.22. The molecule has 0 aromatic carbocycles. The number of nitrogens with two attached hydrogens (primary N) is 1. The van der Waals surface area contributed by atoms with E-state index in [2.05, 4.69) is 17.2 Å². The number of anilines is 1. The second kappa shape index (κ2) is 7.42. The number of carbonyl (C=O) groups is 1. The highest BCUT2D eigenvalue weighted by atomic mass is 16.6. The SMILES string of the molecule is CCCCCC(C)NC(=O)c1cc(N)ncc1[N+](=O)[O-]. The highest BCUT2D eigenvalue weighted by Crippen LogP contribution is 2.19. The Labute approximate surface area is 117 Å². The van der Waals surface area contributed by atoms with Crippen LogP contribution in [0.3, 0.4) is 0 Å². The van der Waals surface area contributed by atoms with Crippen molar-refractivity contribution in [1.29, 1.82) is 0 Å². The fraction of sp³-hybridized carbons (Fsp3) is 0.538. The number of hydrogen-bond donors (Lipinski definition) is 2. The quantitative estimate of drug-likeness (QED) is 0.452. The maximum Gasteiger partial charge on any atom is 0.300 e. The van der Waals surface area contributed by atoms with Gasteiger partial charge in [0.25, 0.3) is 11.6 Å². The number of pyridine rings is 1. The van der Waals surface area contributed by atoms with Crippen LogP contribution in [0, 0.1) is 10.1 Å². The molecule has 1 aromatic rings. The van der Waals surface area contributed by atoms with Gasteiger partial charge in [0.1, 0.15) is 17.6 Å². The zero-order valence-corrected chi connectivity index (χ0v) is 11.8. The minimum atomic E-state index is -0.636. The van der Waals surface area contributed by atoms with E-state index in [0.29, 0.717) is 0 Å². The van der Waals surface area contributed by atoms with Gasteiger partial charge in [-0.2, -0.15) is 0 Å². The molecule has 0 saturated carbocycles. The predicted octanol–water partition coefficient (Wildman–Crippen LogP) is 2.27. The van der Waals surface area contributed by atoms with Gasteiger partial charge in [0, 0.05) is 6.04 Å². The van der Waals surface area contributed by atoms with Crippen LogP contribution in [0.1, 0.15) is 49.9 Å². The molecule has 1 atom stereocenters. The van der Waals surface area contributed by atoms with Crippen LogP contribution < -0.4 is 11.1 Å². The normalized spacial score (nSPS) is 11.9. The van der Waals surface area contributed by atoms with E-state index in [-0.39, 0.29) is 23.1 Å². The molecule has 110 valence electrons. The molecule has 1 aromatic heterocycles. The third kappa shape index (κ3) is 4.49. The monoisotopic (exact) mass is 280 g/mol. The van der Waals surface area contributed by atoms with E-state index < -0.39 is 10.8 Å². The van der Waals surface area contributed by atoms with Crippen LogP contribution in [0.25, 0.3) is 0 Å². The van der Waals surface area contributed by atoms with Gasteiger partial charge in [-0.15, -0.1) is 0 Å². The Morgan fingerprint density at radius 1 is 1.55 bits per heavy atom. The maximum absolute atomic E-state index is 12.1. The molecule has 0 aliphatic carbocycles. The summed E-state index contributed by atoms with van der Waals surface area (Å²) in [6.07, 6.45) is 5.06. The summed E-state index contributed by atoms with van der Waals surface area (Å²) in [5, 5.41) is 13.6. The molecule has 0 spiro atoms. The molecule has 1 unspecified atom stereocenters. The number of amides is 1. The van der Waals surface area contributed by atoms with Gasteiger partial charge in [-0.1, -0.05) is 26.2 Å². The topological polar surface area (TPSA) is 111 Å². The van der Waals surface area contributed by atoms with E-state index >= 15 is 0 Å². The number of nitrogen functional groups attached to an aromatic ring is 1. The summed E-state index contributed by atoms with van der Waals surface area (Å²) >= 11 is 0. The predicted molar refractivity (Wildman–Crippen MR) is 76.4 cm³/mol. The van der Waals surface area contributed by atoms with E-state index in [0.717, 1.165) is 31.9 Å². The third-order valence-electron chi connectivity index (χ3n) is 2.96. The summed E-state index contributed by atoms with van der Waals surface area (Å²) in [6.45, 7) is 3.98. The molecule has 0 fully saturated rings. The van der Waals surface area contributed by atoms with Crippen molar-refractivity contribution in [3.05, 3.63) is 27.9 Å². The summed E-state index contributed by atoms with van der Waals surface area (Å²) in [7, 11) is 0. The van der Waals surface area contributed by atoms with Crippen molar-refractivity contribution in [2.45, 2.75) is 45.6 Å². The van der Waals surface area contributed by atoms with Gasteiger partial charge in [-0.05, 0) is 19.4 Å². The van der Waals surface area contributed by atoms with Crippen molar-refractivity contribution in [3.63, 3.8) is 0 Å². The lowest BCUT2D eigenvalue weighted by molar-refractivity contribution is -0.385. The fourth-order valence-corrected chi connectivity index (χ4v) is 1.87. The number of aromatic nitrogens is 1. The lowest BCUT2D eigenvalue weighted by Crippen LogP contribution is -2.33. The molecule has 3 N–H and O–H groups in total. The number of nitro groups is 1. The molecular formula is C13H20N4O3. The molecule has 1 heterocycles. The average molecular weight is 280 g/mol. The van der Waals surface area contributed by atoms with Crippen molar-refractivity contribution in [1.82, 2.24) is 10.3 Å². The van der Waals surface area contributed by atoms with Gasteiger partial charge in [0.05, 0.1) is 4.92 Å². The van der Waals surface area contributed by atoms with Crippen molar-refractivity contribution >= 4 is 17.4 Å². The number of unbranched alkanes of at least 4 members (excludes halogenated alkanes) is 2. The summed E-state index contributed by atoms with van der Waals surface area (Å²) in [5.74, 6) is -0.408. The van der Waals surface area contributed by atoms with Crippen molar-refractivity contribution < 1.29 is 9.72 Å². The second-order valence-electron chi connectivity index (χ2n) is 4.75. The van der Waals surface area contributed by atoms with Gasteiger partial charge in [-0.25, -0.2) is 4.98 Å². The van der Waals surface area contributed by atoms with Gasteiger partial charge in [0.2, 0.25) is 0 Å². The first-order valence-electron chi connectivity index (χ1n) is 6.66. The molecule has 0 radical (unpaired) electrons. The summed E-state index contributed by atoms with van der Waals surface area (Å²) in [5.41, 5.74) is 5.09. The lowest BCUT2D eigenvalue weighted by Gasteiger charge is -2.13. The first-order chi connectivity index (χ1) is 9.45. The fourth-order valence-electron chi connectivity index (χ4n) is 1.87. The molecule has 1 rings (SSSR count). The Hall–Kier alpha value is -2.18. The van der Waals surface area contributed by atoms with Crippen molar-refractivity contribution in [3.8, 4) is 0 Å². The van der Waals surface area contributed by atoms with Crippen molar-refractivity contribution in [2.75, 3.05) is 5.73 Å². The second-order valence-corrected chi connectivity index (χ2v) is 4.75. The zero-order chi connectivity index (χ0) is 15.1. The molecule has 0 bridgehead atoms. The Morgan fingerprint density at radius 2 is 2.25 bits per heavy atom. The summed E-state index contributed by atoms with van der Waals surface area (Å²) in [4.78, 5) is 25.9. The number of hydrogen-bond acceptors (Lipinski definition) is 5. The van der Waals surface area contributed by atoms with E-state index in [1.807, 2.05) is 6.92 Å². The van der Waals surface area contributed by atoms with Gasteiger partial charge >= 0.3 is 0 Å². The largest absolute Gasteiger partial charge is 0.384 e. The van der Waals surface area contributed by atoms with Crippen LogP contribution >= 0.6 is 0 Å². The molecule has 7 heteroatoms. The maximum atomic E-state index is 12.1. The first kappa shape index (κ1) is 15.9. The highest BCUT2D eigenvalue weighted by molar-refractivity contribution is 5.98. The Morgan fingerprint density at radius 3 is 2.85 bits per heavy atom.